The van der Waals surface area contributed by atoms with Gasteiger partial charge in [-0.25, -0.2) is 19.3 Å². The fourth-order valence-corrected chi connectivity index (χ4v) is 2.60. The molecule has 0 aromatic carbocycles. The summed E-state index contributed by atoms with van der Waals surface area (Å²) in [5.41, 5.74) is 0.260. The fourth-order valence-electron chi connectivity index (χ4n) is 2.60. The van der Waals surface area contributed by atoms with Crippen molar-refractivity contribution in [3.05, 3.63) is 22.9 Å². The summed E-state index contributed by atoms with van der Waals surface area (Å²) in [6.07, 6.45) is 5.26. The SMILES string of the molecule is O=c1[nH]nc2cc(NCC3CCCC(O)C3)ncn12. The van der Waals surface area contributed by atoms with E-state index in [-0.39, 0.29) is 11.8 Å². The summed E-state index contributed by atoms with van der Waals surface area (Å²) >= 11 is 0. The minimum atomic E-state index is -0.288. The smallest absolute Gasteiger partial charge is 0.348 e. The van der Waals surface area contributed by atoms with E-state index in [4.69, 9.17) is 0 Å². The first kappa shape index (κ1) is 12.2. The second-order valence-electron chi connectivity index (χ2n) is 5.10. The molecule has 0 amide bonds. The van der Waals surface area contributed by atoms with E-state index in [9.17, 15) is 9.90 Å². The topological polar surface area (TPSA) is 95.3 Å². The maximum absolute atomic E-state index is 11.3. The quantitative estimate of drug-likeness (QED) is 0.744. The molecule has 1 fully saturated rings. The summed E-state index contributed by atoms with van der Waals surface area (Å²) < 4.78 is 1.36. The lowest BCUT2D eigenvalue weighted by Gasteiger charge is -2.26. The molecule has 2 unspecified atom stereocenters. The van der Waals surface area contributed by atoms with Crippen LogP contribution in [-0.2, 0) is 0 Å². The molecule has 3 rings (SSSR count). The van der Waals surface area contributed by atoms with E-state index in [0.29, 0.717) is 17.4 Å². The zero-order chi connectivity index (χ0) is 13.2. The average molecular weight is 263 g/mol. The number of nitrogens with zero attached hydrogens (tertiary/aromatic N) is 3. The third kappa shape index (κ3) is 2.60. The molecule has 3 N–H and O–H groups in total. The zero-order valence-corrected chi connectivity index (χ0v) is 10.5. The van der Waals surface area contributed by atoms with Gasteiger partial charge >= 0.3 is 5.69 Å². The molecule has 0 saturated heterocycles. The van der Waals surface area contributed by atoms with Gasteiger partial charge in [0.15, 0.2) is 5.65 Å². The first-order valence-corrected chi connectivity index (χ1v) is 6.57. The molecule has 2 atom stereocenters. The molecule has 7 nitrogen and oxygen atoms in total. The Labute approximate surface area is 109 Å². The molecule has 102 valence electrons. The lowest BCUT2D eigenvalue weighted by molar-refractivity contribution is 0.104. The van der Waals surface area contributed by atoms with E-state index in [1.807, 2.05) is 0 Å². The van der Waals surface area contributed by atoms with Crippen molar-refractivity contribution >= 4 is 11.5 Å². The Morgan fingerprint density at radius 2 is 2.42 bits per heavy atom. The number of aliphatic hydroxyl groups is 1. The average Bonchev–Trinajstić information content (AvgIpc) is 2.78. The number of H-pyrrole nitrogens is 1. The standard InChI is InChI=1S/C12H17N5O2/c18-9-3-1-2-8(4-9)6-13-10-5-11-15-16-12(19)17(11)7-14-10/h5,7-9,13,18H,1-4,6H2,(H,16,19). The molecular formula is C12H17N5O2. The van der Waals surface area contributed by atoms with Crippen LogP contribution < -0.4 is 11.0 Å². The van der Waals surface area contributed by atoms with Crippen molar-refractivity contribution in [3.8, 4) is 0 Å². The fraction of sp³-hybridized carbons (Fsp3) is 0.583. The predicted octanol–water partition coefficient (Wildman–Crippen LogP) is 0.381. The van der Waals surface area contributed by atoms with Gasteiger partial charge in [0, 0.05) is 12.6 Å². The third-order valence-corrected chi connectivity index (χ3v) is 3.64. The van der Waals surface area contributed by atoms with Crippen molar-refractivity contribution in [3.63, 3.8) is 0 Å². The van der Waals surface area contributed by atoms with E-state index in [0.717, 1.165) is 32.2 Å². The highest BCUT2D eigenvalue weighted by atomic mass is 16.3. The number of nitrogens with one attached hydrogen (secondary N) is 2. The van der Waals surface area contributed by atoms with Gasteiger partial charge in [-0.2, -0.15) is 5.10 Å². The third-order valence-electron chi connectivity index (χ3n) is 3.64. The zero-order valence-electron chi connectivity index (χ0n) is 10.5. The van der Waals surface area contributed by atoms with E-state index in [2.05, 4.69) is 20.5 Å². The molecule has 2 heterocycles. The molecule has 1 aliphatic carbocycles. The van der Waals surface area contributed by atoms with Crippen molar-refractivity contribution < 1.29 is 5.11 Å². The van der Waals surface area contributed by atoms with E-state index < -0.39 is 0 Å². The number of hydrogen-bond donors (Lipinski definition) is 3. The largest absolute Gasteiger partial charge is 0.393 e. The van der Waals surface area contributed by atoms with Crippen LogP contribution in [0.1, 0.15) is 25.7 Å². The molecule has 0 spiro atoms. The van der Waals surface area contributed by atoms with Gasteiger partial charge in [0.05, 0.1) is 6.10 Å². The number of aromatic amines is 1. The van der Waals surface area contributed by atoms with Crippen LogP contribution in [0.15, 0.2) is 17.2 Å². The minimum absolute atomic E-state index is 0.166. The molecule has 1 aliphatic rings. The van der Waals surface area contributed by atoms with Crippen molar-refractivity contribution in [1.29, 1.82) is 0 Å². The summed E-state index contributed by atoms with van der Waals surface area (Å²) in [5.74, 6) is 1.18. The first-order valence-electron chi connectivity index (χ1n) is 6.57. The Kier molecular flexibility index (Phi) is 3.20. The summed E-state index contributed by atoms with van der Waals surface area (Å²) in [4.78, 5) is 15.5. The Morgan fingerprint density at radius 3 is 3.26 bits per heavy atom. The van der Waals surface area contributed by atoms with Crippen LogP contribution >= 0.6 is 0 Å². The first-order chi connectivity index (χ1) is 9.22. The van der Waals surface area contributed by atoms with Crippen LogP contribution in [0.3, 0.4) is 0 Å². The molecule has 7 heteroatoms. The lowest BCUT2D eigenvalue weighted by Crippen LogP contribution is -2.25. The normalized spacial score (nSPS) is 23.6. The molecule has 0 bridgehead atoms. The van der Waals surface area contributed by atoms with E-state index >= 15 is 0 Å². The summed E-state index contributed by atoms with van der Waals surface area (Å²) in [7, 11) is 0. The van der Waals surface area contributed by atoms with E-state index in [1.165, 1.54) is 10.7 Å². The lowest BCUT2D eigenvalue weighted by atomic mass is 9.87. The molecule has 19 heavy (non-hydrogen) atoms. The Bertz CT molecular complexity index is 620. The van der Waals surface area contributed by atoms with Gasteiger partial charge in [-0.1, -0.05) is 6.42 Å². The van der Waals surface area contributed by atoms with Crippen LogP contribution in [0.4, 0.5) is 5.82 Å². The molecular weight excluding hydrogens is 246 g/mol. The van der Waals surface area contributed by atoms with Crippen LogP contribution in [0, 0.1) is 5.92 Å². The van der Waals surface area contributed by atoms with Crippen molar-refractivity contribution in [2.45, 2.75) is 31.8 Å². The van der Waals surface area contributed by atoms with Crippen molar-refractivity contribution in [1.82, 2.24) is 19.6 Å². The monoisotopic (exact) mass is 263 g/mol. The highest BCUT2D eigenvalue weighted by Gasteiger charge is 2.19. The summed E-state index contributed by atoms with van der Waals surface area (Å²) in [6, 6.07) is 1.73. The number of hydrogen-bond acceptors (Lipinski definition) is 5. The van der Waals surface area contributed by atoms with Crippen LogP contribution in [-0.4, -0.2) is 37.3 Å². The Balaban J connectivity index is 1.66. The number of anilines is 1. The second kappa shape index (κ2) is 5.00. The summed E-state index contributed by atoms with van der Waals surface area (Å²) in [5, 5.41) is 19.1. The predicted molar refractivity (Wildman–Crippen MR) is 70.1 cm³/mol. The van der Waals surface area contributed by atoms with Crippen molar-refractivity contribution in [2.75, 3.05) is 11.9 Å². The Morgan fingerprint density at radius 1 is 1.53 bits per heavy atom. The molecule has 2 aromatic heterocycles. The van der Waals surface area contributed by atoms with Gasteiger partial charge in [0.2, 0.25) is 0 Å². The Hall–Kier alpha value is -1.89. The van der Waals surface area contributed by atoms with Gasteiger partial charge < -0.3 is 10.4 Å². The maximum atomic E-state index is 11.3. The number of rotatable bonds is 3. The highest BCUT2D eigenvalue weighted by Crippen LogP contribution is 2.24. The van der Waals surface area contributed by atoms with Gasteiger partial charge in [0.25, 0.3) is 0 Å². The van der Waals surface area contributed by atoms with Crippen LogP contribution in [0.25, 0.3) is 5.65 Å². The van der Waals surface area contributed by atoms with Crippen molar-refractivity contribution in [2.24, 2.45) is 5.92 Å². The van der Waals surface area contributed by atoms with Crippen LogP contribution in [0.5, 0.6) is 0 Å². The molecule has 1 saturated carbocycles. The molecule has 0 radical (unpaired) electrons. The van der Waals surface area contributed by atoms with Gasteiger partial charge in [-0.3, -0.25) is 0 Å². The van der Waals surface area contributed by atoms with Gasteiger partial charge in [-0.15, -0.1) is 0 Å². The minimum Gasteiger partial charge on any atom is -0.393 e. The number of fused-ring (bicyclic) bond motifs is 1. The number of aliphatic hydroxyl groups excluding tert-OH is 1. The summed E-state index contributed by atoms with van der Waals surface area (Å²) in [6.45, 7) is 0.787. The maximum Gasteiger partial charge on any atom is 0.348 e. The molecule has 2 aromatic rings. The highest BCUT2D eigenvalue weighted by molar-refractivity contribution is 5.48. The van der Waals surface area contributed by atoms with Crippen LogP contribution in [0.2, 0.25) is 0 Å². The number of aromatic nitrogens is 4. The molecule has 0 aliphatic heterocycles. The van der Waals surface area contributed by atoms with Gasteiger partial charge in [-0.05, 0) is 25.2 Å². The second-order valence-corrected chi connectivity index (χ2v) is 5.10. The van der Waals surface area contributed by atoms with Gasteiger partial charge in [0.1, 0.15) is 12.1 Å². The van der Waals surface area contributed by atoms with E-state index in [1.54, 1.807) is 6.07 Å².